The van der Waals surface area contributed by atoms with Crippen molar-refractivity contribution < 1.29 is 9.53 Å². The number of nitrogens with one attached hydrogen (secondary N) is 2. The molecule has 0 spiro atoms. The standard InChI is InChI=1S/C20H21N3O2/c1-14-5-4-6-19(15(14)2)22-13-17(11-21)20(24)23-12-16-7-9-18(25-3)10-8-16/h4-10,13,22H,12H2,1-3H3,(H,23,24)/b17-13-. The molecular weight excluding hydrogens is 314 g/mol. The van der Waals surface area contributed by atoms with E-state index < -0.39 is 5.91 Å². The van der Waals surface area contributed by atoms with E-state index in [9.17, 15) is 10.1 Å². The summed E-state index contributed by atoms with van der Waals surface area (Å²) < 4.78 is 5.09. The first-order valence-corrected chi connectivity index (χ1v) is 7.89. The molecule has 0 atom stereocenters. The first kappa shape index (κ1) is 18.1. The van der Waals surface area contributed by atoms with Crippen molar-refractivity contribution in [3.05, 3.63) is 70.9 Å². The highest BCUT2D eigenvalue weighted by molar-refractivity contribution is 5.97. The highest BCUT2D eigenvalue weighted by atomic mass is 16.5. The van der Waals surface area contributed by atoms with Gasteiger partial charge >= 0.3 is 0 Å². The summed E-state index contributed by atoms with van der Waals surface area (Å²) >= 11 is 0. The highest BCUT2D eigenvalue weighted by Gasteiger charge is 2.09. The Kier molecular flexibility index (Phi) is 6.19. The summed E-state index contributed by atoms with van der Waals surface area (Å²) in [6.45, 7) is 4.34. The molecule has 2 N–H and O–H groups in total. The Labute approximate surface area is 147 Å². The molecule has 0 aromatic heterocycles. The minimum atomic E-state index is -0.420. The molecule has 2 aromatic rings. The van der Waals surface area contributed by atoms with Crippen molar-refractivity contribution in [3.63, 3.8) is 0 Å². The van der Waals surface area contributed by atoms with E-state index in [4.69, 9.17) is 4.74 Å². The van der Waals surface area contributed by atoms with Gasteiger partial charge in [-0.1, -0.05) is 24.3 Å². The van der Waals surface area contributed by atoms with Crippen molar-refractivity contribution in [2.75, 3.05) is 12.4 Å². The predicted molar refractivity (Wildman–Crippen MR) is 98.1 cm³/mol. The summed E-state index contributed by atoms with van der Waals surface area (Å²) in [5.41, 5.74) is 4.04. The van der Waals surface area contributed by atoms with E-state index in [1.54, 1.807) is 7.11 Å². The Hall–Kier alpha value is -3.26. The number of benzene rings is 2. The van der Waals surface area contributed by atoms with Crippen molar-refractivity contribution >= 4 is 11.6 Å². The van der Waals surface area contributed by atoms with Crippen LogP contribution in [0.15, 0.2) is 54.2 Å². The number of carbonyl (C=O) groups is 1. The Morgan fingerprint density at radius 3 is 2.56 bits per heavy atom. The number of nitriles is 1. The fourth-order valence-corrected chi connectivity index (χ4v) is 2.23. The van der Waals surface area contributed by atoms with E-state index in [0.29, 0.717) is 6.54 Å². The second-order valence-electron chi connectivity index (χ2n) is 5.59. The molecule has 5 nitrogen and oxygen atoms in total. The van der Waals surface area contributed by atoms with Crippen LogP contribution in [-0.2, 0) is 11.3 Å². The zero-order valence-corrected chi connectivity index (χ0v) is 14.6. The minimum absolute atomic E-state index is 0.0226. The lowest BCUT2D eigenvalue weighted by Crippen LogP contribution is -2.24. The molecule has 0 heterocycles. The maximum Gasteiger partial charge on any atom is 0.263 e. The fraction of sp³-hybridized carbons (Fsp3) is 0.200. The van der Waals surface area contributed by atoms with Crippen LogP contribution in [0.25, 0.3) is 0 Å². The van der Waals surface area contributed by atoms with E-state index in [0.717, 1.165) is 28.1 Å². The molecular formula is C20H21N3O2. The number of anilines is 1. The third-order valence-corrected chi connectivity index (χ3v) is 3.95. The van der Waals surface area contributed by atoms with Crippen molar-refractivity contribution in [3.8, 4) is 11.8 Å². The lowest BCUT2D eigenvalue weighted by molar-refractivity contribution is -0.117. The van der Waals surface area contributed by atoms with Crippen LogP contribution in [0.1, 0.15) is 16.7 Å². The van der Waals surface area contributed by atoms with Crippen molar-refractivity contribution in [2.24, 2.45) is 0 Å². The molecule has 0 unspecified atom stereocenters. The van der Waals surface area contributed by atoms with Gasteiger partial charge in [-0.15, -0.1) is 0 Å². The molecule has 2 rings (SSSR count). The lowest BCUT2D eigenvalue weighted by atomic mass is 10.1. The second kappa shape index (κ2) is 8.55. The number of hydrogen-bond acceptors (Lipinski definition) is 4. The minimum Gasteiger partial charge on any atom is -0.497 e. The number of aryl methyl sites for hydroxylation is 1. The average molecular weight is 335 g/mol. The van der Waals surface area contributed by atoms with Crippen LogP contribution in [0.5, 0.6) is 5.75 Å². The first-order valence-electron chi connectivity index (χ1n) is 7.89. The summed E-state index contributed by atoms with van der Waals surface area (Å²) in [5, 5.41) is 15.0. The van der Waals surface area contributed by atoms with Gasteiger partial charge in [-0.05, 0) is 48.7 Å². The molecule has 128 valence electrons. The van der Waals surface area contributed by atoms with Gasteiger partial charge in [-0.2, -0.15) is 5.26 Å². The van der Waals surface area contributed by atoms with Crippen LogP contribution in [0, 0.1) is 25.2 Å². The summed E-state index contributed by atoms with van der Waals surface area (Å²) in [6.07, 6.45) is 1.44. The molecule has 5 heteroatoms. The van der Waals surface area contributed by atoms with E-state index >= 15 is 0 Å². The van der Waals surface area contributed by atoms with Crippen molar-refractivity contribution in [2.45, 2.75) is 20.4 Å². The maximum atomic E-state index is 12.2. The summed E-state index contributed by atoms with van der Waals surface area (Å²) in [7, 11) is 1.60. The SMILES string of the molecule is COc1ccc(CNC(=O)/C(C#N)=C\Nc2cccc(C)c2C)cc1. The van der Waals surface area contributed by atoms with Gasteiger partial charge < -0.3 is 15.4 Å². The summed E-state index contributed by atoms with van der Waals surface area (Å²) in [5.74, 6) is 0.335. The van der Waals surface area contributed by atoms with Crippen LogP contribution in [-0.4, -0.2) is 13.0 Å². The van der Waals surface area contributed by atoms with Crippen molar-refractivity contribution in [1.29, 1.82) is 5.26 Å². The van der Waals surface area contributed by atoms with Gasteiger partial charge in [0.1, 0.15) is 17.4 Å². The largest absolute Gasteiger partial charge is 0.497 e. The van der Waals surface area contributed by atoms with Crippen LogP contribution in [0.3, 0.4) is 0 Å². The van der Waals surface area contributed by atoms with Crippen molar-refractivity contribution in [1.82, 2.24) is 5.32 Å². The zero-order valence-electron chi connectivity index (χ0n) is 14.6. The van der Waals surface area contributed by atoms with Crippen LogP contribution >= 0.6 is 0 Å². The maximum absolute atomic E-state index is 12.2. The average Bonchev–Trinajstić information content (AvgIpc) is 2.64. The number of carbonyl (C=O) groups excluding carboxylic acids is 1. The Bertz CT molecular complexity index is 818. The van der Waals surface area contributed by atoms with Gasteiger partial charge in [0.2, 0.25) is 0 Å². The van der Waals surface area contributed by atoms with E-state index in [1.807, 2.05) is 62.4 Å². The lowest BCUT2D eigenvalue weighted by Gasteiger charge is -2.09. The summed E-state index contributed by atoms with van der Waals surface area (Å²) in [6, 6.07) is 15.1. The highest BCUT2D eigenvalue weighted by Crippen LogP contribution is 2.18. The van der Waals surface area contributed by atoms with E-state index in [-0.39, 0.29) is 5.57 Å². The molecule has 0 bridgehead atoms. The first-order chi connectivity index (χ1) is 12.0. The van der Waals surface area contributed by atoms with Gasteiger partial charge in [0, 0.05) is 18.4 Å². The van der Waals surface area contributed by atoms with E-state index in [2.05, 4.69) is 10.6 Å². The molecule has 25 heavy (non-hydrogen) atoms. The summed E-state index contributed by atoms with van der Waals surface area (Å²) in [4.78, 5) is 12.2. The molecule has 1 amide bonds. The normalized spacial score (nSPS) is 10.7. The molecule has 0 radical (unpaired) electrons. The van der Waals surface area contributed by atoms with Crippen LogP contribution < -0.4 is 15.4 Å². The third-order valence-electron chi connectivity index (χ3n) is 3.95. The molecule has 0 saturated heterocycles. The fourth-order valence-electron chi connectivity index (χ4n) is 2.23. The van der Waals surface area contributed by atoms with Gasteiger partial charge in [0.05, 0.1) is 7.11 Å². The molecule has 0 aliphatic rings. The Morgan fingerprint density at radius 2 is 1.92 bits per heavy atom. The van der Waals surface area contributed by atoms with Crippen LogP contribution in [0.4, 0.5) is 5.69 Å². The Morgan fingerprint density at radius 1 is 1.20 bits per heavy atom. The Balaban J connectivity index is 2.00. The predicted octanol–water partition coefficient (Wildman–Crippen LogP) is 3.45. The molecule has 0 fully saturated rings. The zero-order chi connectivity index (χ0) is 18.2. The van der Waals surface area contributed by atoms with Gasteiger partial charge in [-0.25, -0.2) is 0 Å². The second-order valence-corrected chi connectivity index (χ2v) is 5.59. The van der Waals surface area contributed by atoms with Gasteiger partial charge in [-0.3, -0.25) is 4.79 Å². The number of methoxy groups -OCH3 is 1. The number of ether oxygens (including phenoxy) is 1. The van der Waals surface area contributed by atoms with Gasteiger partial charge in [0.15, 0.2) is 0 Å². The monoisotopic (exact) mass is 335 g/mol. The number of nitrogens with zero attached hydrogens (tertiary/aromatic N) is 1. The molecule has 0 saturated carbocycles. The topological polar surface area (TPSA) is 74.1 Å². The number of hydrogen-bond donors (Lipinski definition) is 2. The molecule has 2 aromatic carbocycles. The number of rotatable bonds is 6. The number of amides is 1. The third kappa shape index (κ3) is 4.85. The molecule has 0 aliphatic heterocycles. The molecule has 0 aliphatic carbocycles. The van der Waals surface area contributed by atoms with Gasteiger partial charge in [0.25, 0.3) is 5.91 Å². The van der Waals surface area contributed by atoms with E-state index in [1.165, 1.54) is 6.20 Å². The smallest absolute Gasteiger partial charge is 0.263 e. The van der Waals surface area contributed by atoms with Crippen LogP contribution in [0.2, 0.25) is 0 Å². The quantitative estimate of drug-likeness (QED) is 0.626.